The number of amides is 1. The van der Waals surface area contributed by atoms with Crippen LogP contribution in [-0.2, 0) is 27.8 Å². The Morgan fingerprint density at radius 3 is 2.50 bits per heavy atom. The van der Waals surface area contributed by atoms with Crippen molar-refractivity contribution in [1.82, 2.24) is 14.5 Å². The van der Waals surface area contributed by atoms with Crippen LogP contribution in [0.15, 0.2) is 78.0 Å². The third-order valence-corrected chi connectivity index (χ3v) is 7.51. The van der Waals surface area contributed by atoms with Gasteiger partial charge in [-0.15, -0.1) is 0 Å². The van der Waals surface area contributed by atoms with Crippen LogP contribution in [0.3, 0.4) is 0 Å². The summed E-state index contributed by atoms with van der Waals surface area (Å²) in [7, 11) is -1.34. The van der Waals surface area contributed by atoms with E-state index in [2.05, 4.69) is 20.5 Å². The largest absolute Gasteiger partial charge is 0.497 e. The Labute approximate surface area is 240 Å². The third-order valence-electron chi connectivity index (χ3n) is 6.08. The number of nitrogens with one attached hydrogen (secondary N) is 3. The van der Waals surface area contributed by atoms with Gasteiger partial charge in [0, 0.05) is 23.9 Å². The lowest BCUT2D eigenvalue weighted by Crippen LogP contribution is -2.25. The molecule has 14 heteroatoms. The van der Waals surface area contributed by atoms with Crippen molar-refractivity contribution in [2.75, 3.05) is 31.4 Å². The number of hydrogen-bond acceptors (Lipinski definition) is 7. The van der Waals surface area contributed by atoms with Crippen LogP contribution in [0.5, 0.6) is 11.5 Å². The Hall–Kier alpha value is -4.56. The van der Waals surface area contributed by atoms with Crippen molar-refractivity contribution in [1.29, 1.82) is 0 Å². The van der Waals surface area contributed by atoms with Crippen molar-refractivity contribution in [2.45, 2.75) is 24.3 Å². The number of benzene rings is 3. The fourth-order valence-electron chi connectivity index (χ4n) is 4.01. The lowest BCUT2D eigenvalue weighted by Gasteiger charge is -2.15. The zero-order valence-corrected chi connectivity index (χ0v) is 23.4. The molecule has 1 amide bonds. The molecule has 0 bridgehead atoms. The molecule has 4 aromatic rings. The molecule has 0 saturated carbocycles. The Morgan fingerprint density at radius 2 is 1.79 bits per heavy atom. The molecule has 0 unspecified atom stereocenters. The van der Waals surface area contributed by atoms with Crippen LogP contribution in [0.4, 0.5) is 24.5 Å². The van der Waals surface area contributed by atoms with Crippen LogP contribution in [0, 0.1) is 5.82 Å². The number of hydrogen-bond donors (Lipinski definition) is 3. The first-order chi connectivity index (χ1) is 20.1. The SMILES string of the molecule is COc1ccc(CNS(=O)(=O)c2cc(NC(=O)Cc3ccccc3F)ccc2-n2cc(NCC(F)F)cn2)c(OC)c1. The van der Waals surface area contributed by atoms with Crippen molar-refractivity contribution in [3.05, 3.63) is 90.0 Å². The van der Waals surface area contributed by atoms with Crippen LogP contribution in [0.1, 0.15) is 11.1 Å². The molecule has 42 heavy (non-hydrogen) atoms. The molecule has 3 N–H and O–H groups in total. The van der Waals surface area contributed by atoms with Gasteiger partial charge in [-0.1, -0.05) is 24.3 Å². The van der Waals surface area contributed by atoms with Crippen LogP contribution in [-0.4, -0.2) is 51.3 Å². The number of nitrogens with zero attached hydrogens (tertiary/aromatic N) is 2. The Morgan fingerprint density at radius 1 is 1.00 bits per heavy atom. The highest BCUT2D eigenvalue weighted by Crippen LogP contribution is 2.28. The Bertz CT molecular complexity index is 1660. The van der Waals surface area contributed by atoms with Gasteiger partial charge < -0.3 is 20.1 Å². The average molecular weight is 604 g/mol. The first-order valence-corrected chi connectivity index (χ1v) is 14.0. The average Bonchev–Trinajstić information content (AvgIpc) is 3.45. The highest BCUT2D eigenvalue weighted by molar-refractivity contribution is 7.89. The minimum Gasteiger partial charge on any atom is -0.497 e. The first kappa shape index (κ1) is 30.4. The van der Waals surface area contributed by atoms with Gasteiger partial charge in [0.25, 0.3) is 6.43 Å². The molecule has 0 aliphatic rings. The molecule has 10 nitrogen and oxygen atoms in total. The molecule has 222 valence electrons. The summed E-state index contributed by atoms with van der Waals surface area (Å²) in [6.45, 7) is -0.770. The summed E-state index contributed by atoms with van der Waals surface area (Å²) in [5.41, 5.74) is 1.16. The summed E-state index contributed by atoms with van der Waals surface area (Å²) in [5, 5.41) is 9.22. The summed E-state index contributed by atoms with van der Waals surface area (Å²) in [6, 6.07) is 14.8. The van der Waals surface area contributed by atoms with E-state index in [1.807, 2.05) is 0 Å². The number of alkyl halides is 2. The molecule has 0 aliphatic heterocycles. The molecule has 1 aromatic heterocycles. The molecule has 0 saturated heterocycles. The molecule has 3 aromatic carbocycles. The lowest BCUT2D eigenvalue weighted by molar-refractivity contribution is -0.115. The standard InChI is InChI=1S/C28H28F3N5O5S/c1-40-22-9-7-19(25(13-22)41-2)14-34-42(38,39)26-12-20(35-28(37)11-18-5-3-4-6-23(18)29)8-10-24(26)36-17-21(15-33-36)32-16-27(30)31/h3-10,12-13,15,17,27,32,34H,11,14,16H2,1-2H3,(H,35,37). The number of carbonyl (C=O) groups excluding carboxylic acids is 1. The van der Waals surface area contributed by atoms with Crippen molar-refractivity contribution >= 4 is 27.3 Å². The zero-order valence-electron chi connectivity index (χ0n) is 22.6. The van der Waals surface area contributed by atoms with Gasteiger partial charge in [0.15, 0.2) is 0 Å². The quantitative estimate of drug-likeness (QED) is 0.208. The number of aromatic nitrogens is 2. The molecule has 0 spiro atoms. The summed E-state index contributed by atoms with van der Waals surface area (Å²) < 4.78 is 80.8. The van der Waals surface area contributed by atoms with E-state index in [0.29, 0.717) is 17.1 Å². The van der Waals surface area contributed by atoms with Crippen LogP contribution in [0.25, 0.3) is 5.69 Å². The fourth-order valence-corrected chi connectivity index (χ4v) is 5.23. The second-order valence-electron chi connectivity index (χ2n) is 8.95. The minimum absolute atomic E-state index is 0.0846. The second kappa shape index (κ2) is 13.4. The van der Waals surface area contributed by atoms with E-state index in [4.69, 9.17) is 9.47 Å². The van der Waals surface area contributed by atoms with Gasteiger partial charge in [-0.2, -0.15) is 5.10 Å². The van der Waals surface area contributed by atoms with Gasteiger partial charge in [0.1, 0.15) is 22.2 Å². The number of methoxy groups -OCH3 is 2. The van der Waals surface area contributed by atoms with Crippen molar-refractivity contribution < 1.29 is 35.9 Å². The number of sulfonamides is 1. The topological polar surface area (TPSA) is 124 Å². The fraction of sp³-hybridized carbons (Fsp3) is 0.214. The summed E-state index contributed by atoms with van der Waals surface area (Å²) in [4.78, 5) is 12.4. The third kappa shape index (κ3) is 7.59. The van der Waals surface area contributed by atoms with E-state index in [1.54, 1.807) is 24.3 Å². The molecular formula is C28H28F3N5O5S. The van der Waals surface area contributed by atoms with Gasteiger partial charge in [0.05, 0.1) is 51.0 Å². The smallest absolute Gasteiger partial charge is 0.255 e. The van der Waals surface area contributed by atoms with Gasteiger partial charge in [-0.3, -0.25) is 4.79 Å². The maximum atomic E-state index is 14.0. The molecule has 1 heterocycles. The first-order valence-electron chi connectivity index (χ1n) is 12.5. The van der Waals surface area contributed by atoms with Crippen molar-refractivity contribution in [2.24, 2.45) is 0 Å². The molecular weight excluding hydrogens is 575 g/mol. The van der Waals surface area contributed by atoms with Gasteiger partial charge in [-0.05, 0) is 35.9 Å². The van der Waals surface area contributed by atoms with Crippen molar-refractivity contribution in [3.8, 4) is 17.2 Å². The number of anilines is 2. The predicted octanol–water partition coefficient (Wildman–Crippen LogP) is 4.37. The van der Waals surface area contributed by atoms with E-state index in [-0.39, 0.29) is 40.5 Å². The highest BCUT2D eigenvalue weighted by Gasteiger charge is 2.23. The zero-order chi connectivity index (χ0) is 30.3. The summed E-state index contributed by atoms with van der Waals surface area (Å²) >= 11 is 0. The van der Waals surface area contributed by atoms with E-state index >= 15 is 0 Å². The molecule has 4 rings (SSSR count). The van der Waals surface area contributed by atoms with Gasteiger partial charge in [-0.25, -0.2) is 31.0 Å². The number of ether oxygens (including phenoxy) is 2. The predicted molar refractivity (Wildman–Crippen MR) is 150 cm³/mol. The highest BCUT2D eigenvalue weighted by atomic mass is 32.2. The summed E-state index contributed by atoms with van der Waals surface area (Å²) in [5.74, 6) is -0.188. The van der Waals surface area contributed by atoms with E-state index in [1.165, 1.54) is 67.7 Å². The van der Waals surface area contributed by atoms with Gasteiger partial charge >= 0.3 is 0 Å². The van der Waals surface area contributed by atoms with Crippen LogP contribution >= 0.6 is 0 Å². The molecule has 0 aliphatic carbocycles. The van der Waals surface area contributed by atoms with E-state index in [0.717, 1.165) is 0 Å². The maximum absolute atomic E-state index is 14.0. The van der Waals surface area contributed by atoms with Gasteiger partial charge in [0.2, 0.25) is 15.9 Å². The second-order valence-corrected chi connectivity index (χ2v) is 10.7. The normalized spacial score (nSPS) is 11.4. The van der Waals surface area contributed by atoms with Crippen molar-refractivity contribution in [3.63, 3.8) is 0 Å². The van der Waals surface area contributed by atoms with E-state index in [9.17, 15) is 26.4 Å². The monoisotopic (exact) mass is 603 g/mol. The molecule has 0 fully saturated rings. The Balaban J connectivity index is 1.64. The minimum atomic E-state index is -4.27. The summed E-state index contributed by atoms with van der Waals surface area (Å²) in [6.07, 6.45) is -0.238. The number of carbonyl (C=O) groups is 1. The lowest BCUT2D eigenvalue weighted by atomic mass is 10.1. The maximum Gasteiger partial charge on any atom is 0.255 e. The number of rotatable bonds is 13. The van der Waals surface area contributed by atoms with Crippen LogP contribution in [0.2, 0.25) is 0 Å². The van der Waals surface area contributed by atoms with E-state index < -0.39 is 34.7 Å². The molecule has 0 atom stereocenters. The molecule has 0 radical (unpaired) electrons. The Kier molecular flexibility index (Phi) is 9.70. The number of halogens is 3. The van der Waals surface area contributed by atoms with Crippen LogP contribution < -0.4 is 24.8 Å².